The van der Waals surface area contributed by atoms with Gasteiger partial charge in [0.25, 0.3) is 0 Å². The highest BCUT2D eigenvalue weighted by Gasteiger charge is 2.05. The number of nitrogens with zero attached hydrogens (tertiary/aromatic N) is 2. The molecule has 1 heterocycles. The lowest BCUT2D eigenvalue weighted by molar-refractivity contribution is 0.942. The number of nitrogen functional groups attached to an aromatic ring is 1. The quantitative estimate of drug-likeness (QED) is 0.556. The van der Waals surface area contributed by atoms with Gasteiger partial charge in [0.15, 0.2) is 0 Å². The van der Waals surface area contributed by atoms with Crippen LogP contribution in [0.5, 0.6) is 0 Å². The predicted molar refractivity (Wildman–Crippen MR) is 57.9 cm³/mol. The second-order valence-corrected chi connectivity index (χ2v) is 3.32. The summed E-state index contributed by atoms with van der Waals surface area (Å²) in [4.78, 5) is 4.37. The zero-order valence-corrected chi connectivity index (χ0v) is 8.41. The fraction of sp³-hybridized carbons (Fsp3) is 0.300. The zero-order chi connectivity index (χ0) is 10.1. The Kier molecular flexibility index (Phi) is 2.13. The maximum absolute atomic E-state index is 5.35. The molecule has 0 aliphatic rings. The van der Waals surface area contributed by atoms with E-state index in [1.807, 2.05) is 11.6 Å². The van der Waals surface area contributed by atoms with Crippen LogP contribution in [-0.2, 0) is 13.5 Å². The maximum Gasteiger partial charge on any atom is 0.218 e. The first kappa shape index (κ1) is 9.02. The van der Waals surface area contributed by atoms with Crippen molar-refractivity contribution in [2.75, 3.05) is 5.43 Å². The molecule has 0 aliphatic heterocycles. The number of hydrogen-bond acceptors (Lipinski definition) is 3. The SMILES string of the molecule is CCc1ccc2c(c1)nc(NN)n2C. The van der Waals surface area contributed by atoms with Gasteiger partial charge in [-0.25, -0.2) is 10.8 Å². The van der Waals surface area contributed by atoms with Crippen molar-refractivity contribution in [3.8, 4) is 0 Å². The molecule has 74 valence electrons. The van der Waals surface area contributed by atoms with Crippen LogP contribution in [0.3, 0.4) is 0 Å². The lowest BCUT2D eigenvalue weighted by Crippen LogP contribution is -2.11. The number of hydrogen-bond donors (Lipinski definition) is 2. The van der Waals surface area contributed by atoms with Crippen LogP contribution in [0.15, 0.2) is 18.2 Å². The van der Waals surface area contributed by atoms with Gasteiger partial charge in [0, 0.05) is 7.05 Å². The van der Waals surface area contributed by atoms with Gasteiger partial charge in [-0.2, -0.15) is 0 Å². The van der Waals surface area contributed by atoms with Crippen LogP contribution < -0.4 is 11.3 Å². The van der Waals surface area contributed by atoms with E-state index in [0.717, 1.165) is 17.5 Å². The fourth-order valence-electron chi connectivity index (χ4n) is 1.59. The molecule has 4 heteroatoms. The first-order chi connectivity index (χ1) is 6.76. The first-order valence-corrected chi connectivity index (χ1v) is 4.68. The summed E-state index contributed by atoms with van der Waals surface area (Å²) in [5.41, 5.74) is 5.94. The normalized spacial score (nSPS) is 10.8. The topological polar surface area (TPSA) is 55.9 Å². The molecule has 0 saturated carbocycles. The van der Waals surface area contributed by atoms with E-state index >= 15 is 0 Å². The smallest absolute Gasteiger partial charge is 0.218 e. The largest absolute Gasteiger partial charge is 0.312 e. The molecule has 0 fully saturated rings. The van der Waals surface area contributed by atoms with Gasteiger partial charge in [-0.15, -0.1) is 0 Å². The molecular formula is C10H14N4. The van der Waals surface area contributed by atoms with Crippen molar-refractivity contribution < 1.29 is 0 Å². The molecule has 2 rings (SSSR count). The van der Waals surface area contributed by atoms with Gasteiger partial charge in [0.1, 0.15) is 0 Å². The van der Waals surface area contributed by atoms with E-state index in [4.69, 9.17) is 5.84 Å². The number of rotatable bonds is 2. The third-order valence-corrected chi connectivity index (χ3v) is 2.48. The number of benzene rings is 1. The standard InChI is InChI=1S/C10H14N4/c1-3-7-4-5-9-8(6-7)12-10(13-11)14(9)2/h4-6H,3,11H2,1-2H3,(H,12,13). The van der Waals surface area contributed by atoms with E-state index in [9.17, 15) is 0 Å². The van der Waals surface area contributed by atoms with Gasteiger partial charge in [0.05, 0.1) is 11.0 Å². The lowest BCUT2D eigenvalue weighted by Gasteiger charge is -1.99. The average Bonchev–Trinajstić information content (AvgIpc) is 2.55. The van der Waals surface area contributed by atoms with Crippen molar-refractivity contribution in [2.45, 2.75) is 13.3 Å². The van der Waals surface area contributed by atoms with Crippen LogP contribution in [0.4, 0.5) is 5.95 Å². The summed E-state index contributed by atoms with van der Waals surface area (Å²) in [6.45, 7) is 2.13. The molecular weight excluding hydrogens is 176 g/mol. The minimum absolute atomic E-state index is 0.688. The third kappa shape index (κ3) is 1.24. The Morgan fingerprint density at radius 2 is 2.29 bits per heavy atom. The Morgan fingerprint density at radius 3 is 2.93 bits per heavy atom. The Labute approximate surface area is 82.7 Å². The number of anilines is 1. The lowest BCUT2D eigenvalue weighted by atomic mass is 10.1. The summed E-state index contributed by atoms with van der Waals surface area (Å²) in [6.07, 6.45) is 1.03. The number of hydrazine groups is 1. The number of nitrogens with two attached hydrogens (primary N) is 1. The summed E-state index contributed by atoms with van der Waals surface area (Å²) in [5.74, 6) is 6.04. The van der Waals surface area contributed by atoms with Crippen molar-refractivity contribution in [3.05, 3.63) is 23.8 Å². The highest BCUT2D eigenvalue weighted by atomic mass is 15.3. The van der Waals surface area contributed by atoms with E-state index in [2.05, 4.69) is 35.5 Å². The summed E-state index contributed by atoms with van der Waals surface area (Å²) in [6, 6.07) is 6.28. The average molecular weight is 190 g/mol. The number of nitrogens with one attached hydrogen (secondary N) is 1. The Hall–Kier alpha value is -1.55. The minimum atomic E-state index is 0.688. The van der Waals surface area contributed by atoms with Gasteiger partial charge in [0.2, 0.25) is 5.95 Å². The van der Waals surface area contributed by atoms with Crippen LogP contribution in [0.1, 0.15) is 12.5 Å². The first-order valence-electron chi connectivity index (χ1n) is 4.68. The molecule has 0 radical (unpaired) electrons. The second kappa shape index (κ2) is 3.31. The molecule has 0 atom stereocenters. The van der Waals surface area contributed by atoms with E-state index in [-0.39, 0.29) is 0 Å². The molecule has 1 aromatic carbocycles. The number of imidazole rings is 1. The molecule has 0 saturated heterocycles. The van der Waals surface area contributed by atoms with Gasteiger partial charge in [-0.05, 0) is 24.1 Å². The Bertz CT molecular complexity index is 458. The second-order valence-electron chi connectivity index (χ2n) is 3.32. The Morgan fingerprint density at radius 1 is 1.50 bits per heavy atom. The van der Waals surface area contributed by atoms with Crippen molar-refractivity contribution in [2.24, 2.45) is 12.9 Å². The number of aromatic nitrogens is 2. The fourth-order valence-corrected chi connectivity index (χ4v) is 1.59. The number of aryl methyl sites for hydroxylation is 2. The van der Waals surface area contributed by atoms with Crippen molar-refractivity contribution >= 4 is 17.0 Å². The molecule has 3 N–H and O–H groups in total. The van der Waals surface area contributed by atoms with Gasteiger partial charge in [-0.3, -0.25) is 5.43 Å². The van der Waals surface area contributed by atoms with Crippen LogP contribution in [0, 0.1) is 0 Å². The highest BCUT2D eigenvalue weighted by molar-refractivity contribution is 5.79. The van der Waals surface area contributed by atoms with Crippen molar-refractivity contribution in [3.63, 3.8) is 0 Å². The van der Waals surface area contributed by atoms with Crippen LogP contribution >= 0.6 is 0 Å². The van der Waals surface area contributed by atoms with E-state index in [0.29, 0.717) is 5.95 Å². The molecule has 0 amide bonds. The predicted octanol–water partition coefficient (Wildman–Crippen LogP) is 1.42. The van der Waals surface area contributed by atoms with E-state index in [1.165, 1.54) is 5.56 Å². The van der Waals surface area contributed by atoms with Crippen LogP contribution in [-0.4, -0.2) is 9.55 Å². The molecule has 2 aromatic rings. The number of fused-ring (bicyclic) bond motifs is 1. The van der Waals surface area contributed by atoms with E-state index in [1.54, 1.807) is 0 Å². The summed E-state index contributed by atoms with van der Waals surface area (Å²) in [5, 5.41) is 0. The Balaban J connectivity index is 2.66. The molecule has 0 unspecified atom stereocenters. The molecule has 4 nitrogen and oxygen atoms in total. The highest BCUT2D eigenvalue weighted by Crippen LogP contribution is 2.18. The van der Waals surface area contributed by atoms with Gasteiger partial charge in [-0.1, -0.05) is 13.0 Å². The minimum Gasteiger partial charge on any atom is -0.312 e. The maximum atomic E-state index is 5.35. The molecule has 0 aliphatic carbocycles. The van der Waals surface area contributed by atoms with Gasteiger partial charge < -0.3 is 4.57 Å². The molecule has 0 bridgehead atoms. The third-order valence-electron chi connectivity index (χ3n) is 2.48. The molecule has 14 heavy (non-hydrogen) atoms. The van der Waals surface area contributed by atoms with Crippen LogP contribution in [0.2, 0.25) is 0 Å². The van der Waals surface area contributed by atoms with E-state index < -0.39 is 0 Å². The summed E-state index contributed by atoms with van der Waals surface area (Å²) in [7, 11) is 1.94. The van der Waals surface area contributed by atoms with Crippen molar-refractivity contribution in [1.82, 2.24) is 9.55 Å². The van der Waals surface area contributed by atoms with Crippen molar-refractivity contribution in [1.29, 1.82) is 0 Å². The summed E-state index contributed by atoms with van der Waals surface area (Å²) < 4.78 is 1.94. The molecule has 1 aromatic heterocycles. The molecule has 0 spiro atoms. The summed E-state index contributed by atoms with van der Waals surface area (Å²) >= 11 is 0. The van der Waals surface area contributed by atoms with Gasteiger partial charge >= 0.3 is 0 Å². The monoisotopic (exact) mass is 190 g/mol. The zero-order valence-electron chi connectivity index (χ0n) is 8.41. The van der Waals surface area contributed by atoms with Crippen LogP contribution in [0.25, 0.3) is 11.0 Å².